The van der Waals surface area contributed by atoms with Gasteiger partial charge in [0.2, 0.25) is 5.95 Å². The molecule has 3 heterocycles. The van der Waals surface area contributed by atoms with Crippen LogP contribution in [0.3, 0.4) is 0 Å². The molecule has 2 fully saturated rings. The standard InChI is InChI=1S/C19H30N8.ClH/c1-2-7-17(18-22-23-24-27(18)16-8-4-3-5-9-16)25-12-14-26(15-13-25)19-20-10-6-11-21-19;/h6,10-11,16-17H,2-5,7-9,12-15H2,1H3;1H. The molecule has 0 N–H and O–H groups in total. The van der Waals surface area contributed by atoms with Crippen LogP contribution in [-0.4, -0.2) is 61.3 Å². The fourth-order valence-electron chi connectivity index (χ4n) is 4.44. The summed E-state index contributed by atoms with van der Waals surface area (Å²) in [6.07, 6.45) is 12.2. The first-order valence-corrected chi connectivity index (χ1v) is 10.4. The van der Waals surface area contributed by atoms with Gasteiger partial charge in [-0.1, -0.05) is 32.6 Å². The van der Waals surface area contributed by atoms with Crippen LogP contribution < -0.4 is 4.90 Å². The highest BCUT2D eigenvalue weighted by molar-refractivity contribution is 5.85. The molecule has 0 radical (unpaired) electrons. The third-order valence-corrected chi connectivity index (χ3v) is 5.89. The maximum Gasteiger partial charge on any atom is 0.225 e. The van der Waals surface area contributed by atoms with Crippen molar-refractivity contribution in [1.29, 1.82) is 0 Å². The highest BCUT2D eigenvalue weighted by atomic mass is 35.5. The molecule has 2 aromatic heterocycles. The van der Waals surface area contributed by atoms with Crippen molar-refractivity contribution in [2.45, 2.75) is 64.0 Å². The second-order valence-electron chi connectivity index (χ2n) is 7.65. The molecule has 2 aliphatic rings. The van der Waals surface area contributed by atoms with E-state index in [1.165, 1.54) is 32.1 Å². The van der Waals surface area contributed by atoms with E-state index < -0.39 is 0 Å². The van der Waals surface area contributed by atoms with E-state index in [4.69, 9.17) is 0 Å². The zero-order valence-electron chi connectivity index (χ0n) is 16.7. The molecule has 0 spiro atoms. The van der Waals surface area contributed by atoms with Crippen LogP contribution in [0.4, 0.5) is 5.95 Å². The minimum absolute atomic E-state index is 0. The highest BCUT2D eigenvalue weighted by Crippen LogP contribution is 2.32. The summed E-state index contributed by atoms with van der Waals surface area (Å²) in [5.41, 5.74) is 0. The van der Waals surface area contributed by atoms with Crippen molar-refractivity contribution in [3.63, 3.8) is 0 Å². The maximum absolute atomic E-state index is 4.48. The number of hydrogen-bond donors (Lipinski definition) is 0. The first-order chi connectivity index (χ1) is 13.4. The fraction of sp³-hybridized carbons (Fsp3) is 0.737. The summed E-state index contributed by atoms with van der Waals surface area (Å²) < 4.78 is 2.15. The molecule has 0 amide bonds. The van der Waals surface area contributed by atoms with Gasteiger partial charge in [0.25, 0.3) is 0 Å². The molecule has 8 nitrogen and oxygen atoms in total. The van der Waals surface area contributed by atoms with Crippen molar-refractivity contribution in [1.82, 2.24) is 35.1 Å². The summed E-state index contributed by atoms with van der Waals surface area (Å²) in [6.45, 7) is 6.10. The van der Waals surface area contributed by atoms with E-state index >= 15 is 0 Å². The largest absolute Gasteiger partial charge is 0.338 e. The van der Waals surface area contributed by atoms with Crippen molar-refractivity contribution in [2.24, 2.45) is 0 Å². The van der Waals surface area contributed by atoms with Gasteiger partial charge in [-0.05, 0) is 35.8 Å². The first-order valence-electron chi connectivity index (χ1n) is 10.4. The lowest BCUT2D eigenvalue weighted by molar-refractivity contribution is 0.158. The zero-order valence-corrected chi connectivity index (χ0v) is 17.5. The van der Waals surface area contributed by atoms with Crippen LogP contribution in [0.5, 0.6) is 0 Å². The lowest BCUT2D eigenvalue weighted by Crippen LogP contribution is -2.48. The average Bonchev–Trinajstić information content (AvgIpc) is 3.23. The molecule has 9 heteroatoms. The van der Waals surface area contributed by atoms with Gasteiger partial charge in [-0.3, -0.25) is 4.90 Å². The Bertz CT molecular complexity index is 695. The molecule has 1 saturated heterocycles. The monoisotopic (exact) mass is 406 g/mol. The van der Waals surface area contributed by atoms with Gasteiger partial charge in [0.1, 0.15) is 0 Å². The number of piperazine rings is 1. The highest BCUT2D eigenvalue weighted by Gasteiger charge is 2.31. The van der Waals surface area contributed by atoms with Crippen molar-refractivity contribution >= 4 is 18.4 Å². The van der Waals surface area contributed by atoms with Crippen molar-refractivity contribution in [2.75, 3.05) is 31.1 Å². The van der Waals surface area contributed by atoms with Crippen LogP contribution in [-0.2, 0) is 0 Å². The normalized spacial score (nSPS) is 20.0. The molecule has 0 aromatic carbocycles. The van der Waals surface area contributed by atoms with E-state index in [1.807, 2.05) is 18.5 Å². The molecule has 1 saturated carbocycles. The Morgan fingerprint density at radius 1 is 1.04 bits per heavy atom. The number of nitrogens with zero attached hydrogens (tertiary/aromatic N) is 8. The number of anilines is 1. The van der Waals surface area contributed by atoms with Crippen molar-refractivity contribution in [3.8, 4) is 0 Å². The van der Waals surface area contributed by atoms with Crippen molar-refractivity contribution in [3.05, 3.63) is 24.3 Å². The summed E-state index contributed by atoms with van der Waals surface area (Å²) >= 11 is 0. The average molecular weight is 407 g/mol. The van der Waals surface area contributed by atoms with Gasteiger partial charge in [0.15, 0.2) is 5.82 Å². The predicted octanol–water partition coefficient (Wildman–Crippen LogP) is 3.05. The Morgan fingerprint density at radius 2 is 1.75 bits per heavy atom. The SMILES string of the molecule is CCCC(c1nnnn1C1CCCCC1)N1CCN(c2ncccn2)CC1.Cl. The van der Waals surface area contributed by atoms with E-state index in [0.29, 0.717) is 12.1 Å². The topological polar surface area (TPSA) is 75.9 Å². The summed E-state index contributed by atoms with van der Waals surface area (Å²) in [5, 5.41) is 12.9. The number of hydrogen-bond acceptors (Lipinski definition) is 7. The number of tetrazole rings is 1. The minimum Gasteiger partial charge on any atom is -0.338 e. The van der Waals surface area contributed by atoms with E-state index in [-0.39, 0.29) is 12.4 Å². The minimum atomic E-state index is 0. The Morgan fingerprint density at radius 3 is 2.43 bits per heavy atom. The van der Waals surface area contributed by atoms with Crippen LogP contribution in [0.2, 0.25) is 0 Å². The number of halogens is 1. The lowest BCUT2D eigenvalue weighted by atomic mass is 9.95. The Labute approximate surface area is 173 Å². The van der Waals surface area contributed by atoms with Gasteiger partial charge in [-0.25, -0.2) is 14.6 Å². The fourth-order valence-corrected chi connectivity index (χ4v) is 4.44. The van der Waals surface area contributed by atoms with Crippen LogP contribution in [0, 0.1) is 0 Å². The molecular formula is C19H31ClN8. The first kappa shape index (κ1) is 20.9. The zero-order chi connectivity index (χ0) is 18.5. The van der Waals surface area contributed by atoms with Crippen LogP contribution in [0.25, 0.3) is 0 Å². The quantitative estimate of drug-likeness (QED) is 0.729. The Hall–Kier alpha value is -1.80. The molecule has 1 aliphatic carbocycles. The second-order valence-corrected chi connectivity index (χ2v) is 7.65. The maximum atomic E-state index is 4.48. The smallest absolute Gasteiger partial charge is 0.225 e. The van der Waals surface area contributed by atoms with Gasteiger partial charge in [0.05, 0.1) is 12.1 Å². The molecule has 1 atom stereocenters. The van der Waals surface area contributed by atoms with Crippen LogP contribution >= 0.6 is 12.4 Å². The van der Waals surface area contributed by atoms with Crippen molar-refractivity contribution < 1.29 is 0 Å². The van der Waals surface area contributed by atoms with Gasteiger partial charge in [-0.2, -0.15) is 0 Å². The van der Waals surface area contributed by atoms with Crippen LogP contribution in [0.1, 0.15) is 69.8 Å². The molecule has 1 unspecified atom stereocenters. The van der Waals surface area contributed by atoms with Gasteiger partial charge in [0, 0.05) is 38.6 Å². The molecule has 154 valence electrons. The Kier molecular flexibility index (Phi) is 7.56. The Balaban J connectivity index is 0.00000225. The molecule has 0 bridgehead atoms. The molecular weight excluding hydrogens is 376 g/mol. The summed E-state index contributed by atoms with van der Waals surface area (Å²) in [7, 11) is 0. The lowest BCUT2D eigenvalue weighted by Gasteiger charge is -2.39. The van der Waals surface area contributed by atoms with Gasteiger partial charge >= 0.3 is 0 Å². The second kappa shape index (κ2) is 10.1. The molecule has 1 aliphatic heterocycles. The predicted molar refractivity (Wildman–Crippen MR) is 111 cm³/mol. The summed E-state index contributed by atoms with van der Waals surface area (Å²) in [6, 6.07) is 2.63. The molecule has 28 heavy (non-hydrogen) atoms. The van der Waals surface area contributed by atoms with Gasteiger partial charge < -0.3 is 4.90 Å². The number of aromatic nitrogens is 6. The summed E-state index contributed by atoms with van der Waals surface area (Å²) in [5.74, 6) is 1.89. The van der Waals surface area contributed by atoms with E-state index in [9.17, 15) is 0 Å². The third-order valence-electron chi connectivity index (χ3n) is 5.89. The summed E-state index contributed by atoms with van der Waals surface area (Å²) in [4.78, 5) is 13.6. The molecule has 4 rings (SSSR count). The van der Waals surface area contributed by atoms with E-state index in [1.54, 1.807) is 0 Å². The third kappa shape index (κ3) is 4.60. The number of rotatable bonds is 6. The van der Waals surface area contributed by atoms with Crippen LogP contribution in [0.15, 0.2) is 18.5 Å². The van der Waals surface area contributed by atoms with E-state index in [2.05, 4.69) is 46.9 Å². The molecule has 2 aromatic rings. The van der Waals surface area contributed by atoms with Gasteiger partial charge in [-0.15, -0.1) is 17.5 Å². The van der Waals surface area contributed by atoms with E-state index in [0.717, 1.165) is 50.8 Å².